The Morgan fingerprint density at radius 3 is 2.38 bits per heavy atom. The van der Waals surface area contributed by atoms with Gasteiger partial charge in [-0.2, -0.15) is 0 Å². The summed E-state index contributed by atoms with van der Waals surface area (Å²) in [6.07, 6.45) is 6.56. The first-order valence-electron chi connectivity index (χ1n) is 22.7. The van der Waals surface area contributed by atoms with E-state index in [4.69, 9.17) is 14.2 Å². The number of ketones is 2. The van der Waals surface area contributed by atoms with E-state index in [9.17, 15) is 39.0 Å². The first kappa shape index (κ1) is 46.7. The number of amides is 2. The fraction of sp³-hybridized carbons (Fsp3) is 0.510. The van der Waals surface area contributed by atoms with E-state index in [2.05, 4.69) is 15.6 Å². The van der Waals surface area contributed by atoms with E-state index < -0.39 is 99.7 Å². The third-order valence-corrected chi connectivity index (χ3v) is 15.2. The average Bonchev–Trinajstić information content (AvgIpc) is 4.05. The molecule has 0 radical (unpaired) electrons. The van der Waals surface area contributed by atoms with Crippen molar-refractivity contribution in [3.8, 4) is 0 Å². The number of aliphatic hydroxyl groups is 2. The summed E-state index contributed by atoms with van der Waals surface area (Å²) in [5.74, 6) is -7.02. The van der Waals surface area contributed by atoms with Crippen LogP contribution in [0.1, 0.15) is 90.7 Å². The summed E-state index contributed by atoms with van der Waals surface area (Å²) >= 11 is 0. The zero-order chi connectivity index (χ0) is 47.6. The molecule has 66 heavy (non-hydrogen) atoms. The summed E-state index contributed by atoms with van der Waals surface area (Å²) in [6, 6.07) is 14.1. The fourth-order valence-electron chi connectivity index (χ4n) is 11.6. The molecule has 0 aliphatic heterocycles. The van der Waals surface area contributed by atoms with Crippen LogP contribution in [0.2, 0.25) is 0 Å². The largest absolute Gasteiger partial charge is 0.461 e. The van der Waals surface area contributed by atoms with Gasteiger partial charge in [0.1, 0.15) is 17.8 Å². The molecule has 3 aromatic rings. The van der Waals surface area contributed by atoms with Crippen LogP contribution in [0.4, 0.5) is 14.9 Å². The highest BCUT2D eigenvalue weighted by Gasteiger charge is 2.75. The number of benzene rings is 2. The maximum atomic E-state index is 17.5. The smallest absolute Gasteiger partial charge is 0.407 e. The van der Waals surface area contributed by atoms with Gasteiger partial charge in [-0.1, -0.05) is 55.8 Å². The second-order valence-corrected chi connectivity index (χ2v) is 20.4. The lowest BCUT2D eigenvalue weighted by atomic mass is 9.44. The van der Waals surface area contributed by atoms with Gasteiger partial charge in [0.2, 0.25) is 11.7 Å². The Labute approximate surface area is 382 Å². The number of pyridine rings is 1. The minimum absolute atomic E-state index is 0.0695. The van der Waals surface area contributed by atoms with Crippen molar-refractivity contribution in [2.45, 2.75) is 109 Å². The molecule has 0 spiro atoms. The van der Waals surface area contributed by atoms with Crippen molar-refractivity contribution in [2.75, 3.05) is 18.5 Å². The molecule has 2 amide bonds. The number of aromatic nitrogens is 1. The molecule has 8 rings (SSSR count). The molecule has 15 heteroatoms. The Kier molecular flexibility index (Phi) is 12.1. The van der Waals surface area contributed by atoms with Crippen molar-refractivity contribution in [2.24, 2.45) is 40.4 Å². The summed E-state index contributed by atoms with van der Waals surface area (Å²) in [6.45, 7) is 9.39. The van der Waals surface area contributed by atoms with Crippen LogP contribution in [0.25, 0.3) is 10.8 Å². The van der Waals surface area contributed by atoms with Crippen molar-refractivity contribution < 1.29 is 57.6 Å². The molecule has 4 saturated carbocycles. The first-order chi connectivity index (χ1) is 31.1. The molecule has 1 unspecified atom stereocenters. The Morgan fingerprint density at radius 2 is 1.67 bits per heavy atom. The summed E-state index contributed by atoms with van der Waals surface area (Å²) in [5.41, 5.74) is -4.97. The number of rotatable bonds is 12. The molecular formula is C51H58FN3O11. The quantitative estimate of drug-likeness (QED) is 0.112. The topological polar surface area (TPSA) is 208 Å². The number of carbonyl (C=O) groups excluding carboxylic acids is 6. The van der Waals surface area contributed by atoms with Crippen LogP contribution in [0.5, 0.6) is 0 Å². The van der Waals surface area contributed by atoms with Gasteiger partial charge >= 0.3 is 18.0 Å². The van der Waals surface area contributed by atoms with Crippen LogP contribution in [0, 0.1) is 40.4 Å². The minimum atomic E-state index is -2.13. The van der Waals surface area contributed by atoms with Crippen LogP contribution in [0.15, 0.2) is 84.7 Å². The Hall–Kier alpha value is -5.80. The molecule has 4 N–H and O–H groups in total. The van der Waals surface area contributed by atoms with E-state index in [1.165, 1.54) is 12.2 Å². The number of hydrogen-bond acceptors (Lipinski definition) is 12. The van der Waals surface area contributed by atoms with Gasteiger partial charge < -0.3 is 35.1 Å². The molecule has 350 valence electrons. The van der Waals surface area contributed by atoms with E-state index in [-0.39, 0.29) is 37.7 Å². The summed E-state index contributed by atoms with van der Waals surface area (Å²) in [5, 5.41) is 31.3. The number of carbonyl (C=O) groups is 6. The Morgan fingerprint density at radius 1 is 0.955 bits per heavy atom. The summed E-state index contributed by atoms with van der Waals surface area (Å²) < 4.78 is 33.9. The molecule has 5 aliphatic rings. The zero-order valence-corrected chi connectivity index (χ0v) is 38.1. The van der Waals surface area contributed by atoms with E-state index >= 15 is 4.39 Å². The Balaban J connectivity index is 0.856. The number of esters is 2. The van der Waals surface area contributed by atoms with E-state index in [0.717, 1.165) is 10.8 Å². The predicted molar refractivity (Wildman–Crippen MR) is 239 cm³/mol. The number of fused-ring (bicyclic) bond motifs is 6. The second kappa shape index (κ2) is 17.1. The molecule has 4 fully saturated rings. The predicted octanol–water partition coefficient (Wildman–Crippen LogP) is 6.62. The molecule has 11 atom stereocenters. The summed E-state index contributed by atoms with van der Waals surface area (Å²) in [7, 11) is 0. The highest BCUT2D eigenvalue weighted by molar-refractivity contribution is 6.01. The van der Waals surface area contributed by atoms with E-state index in [0.29, 0.717) is 41.6 Å². The van der Waals surface area contributed by atoms with Gasteiger partial charge in [-0.3, -0.25) is 29.0 Å². The van der Waals surface area contributed by atoms with Crippen LogP contribution in [-0.2, 0) is 44.8 Å². The minimum Gasteiger partial charge on any atom is -0.461 e. The number of ether oxygens (including phenoxy) is 3. The van der Waals surface area contributed by atoms with E-state index in [1.807, 2.05) is 18.2 Å². The van der Waals surface area contributed by atoms with Crippen molar-refractivity contribution in [3.05, 3.63) is 95.9 Å². The molecule has 1 heterocycles. The number of alkyl carbamates (subject to hydrolysis) is 1. The molecule has 0 saturated heterocycles. The zero-order valence-electron chi connectivity index (χ0n) is 38.1. The number of allylic oxidation sites excluding steroid dienone is 4. The monoisotopic (exact) mass is 907 g/mol. The first-order valence-corrected chi connectivity index (χ1v) is 22.7. The highest BCUT2D eigenvalue weighted by Crippen LogP contribution is 2.70. The highest BCUT2D eigenvalue weighted by atomic mass is 19.1. The Bertz CT molecular complexity index is 2540. The lowest BCUT2D eigenvalue weighted by Crippen LogP contribution is -2.69. The third-order valence-electron chi connectivity index (χ3n) is 15.2. The SMILES string of the molecule is C[C@@H]1C[C@H]2[C@@H]3CCC4=CC(=O)C=C[C@]4(C)[C@@]3(F)[C@@H](O)C[C@]2(C)[C@@]1(O)C(=O)COC(=O)[C@@H]1C[C@H]1C(=O)OCc1ccc(C(CNC(=O)OC(C)(C)C)C(=O)Nc2ccc3cnccc3c2)cc1. The van der Waals surface area contributed by atoms with Gasteiger partial charge in [0, 0.05) is 46.8 Å². The average molecular weight is 908 g/mol. The molecular weight excluding hydrogens is 850 g/mol. The molecule has 14 nitrogen and oxygen atoms in total. The maximum absolute atomic E-state index is 17.5. The van der Waals surface area contributed by atoms with Gasteiger partial charge in [0.05, 0.1) is 23.9 Å². The van der Waals surface area contributed by atoms with Crippen LogP contribution in [0.3, 0.4) is 0 Å². The normalized spacial score (nSPS) is 32.4. The lowest BCUT2D eigenvalue weighted by Gasteiger charge is -2.62. The van der Waals surface area contributed by atoms with Gasteiger partial charge in [-0.25, -0.2) is 9.18 Å². The van der Waals surface area contributed by atoms with Gasteiger partial charge in [0.15, 0.2) is 18.1 Å². The second-order valence-electron chi connectivity index (χ2n) is 20.4. The number of Topliss-reactive ketones (excluding diaryl/α,β-unsaturated/α-hetero) is 1. The fourth-order valence-corrected chi connectivity index (χ4v) is 11.6. The lowest BCUT2D eigenvalue weighted by molar-refractivity contribution is -0.220. The van der Waals surface area contributed by atoms with Gasteiger partial charge in [-0.05, 0) is 118 Å². The van der Waals surface area contributed by atoms with Crippen LogP contribution < -0.4 is 10.6 Å². The molecule has 0 bridgehead atoms. The van der Waals surface area contributed by atoms with Crippen molar-refractivity contribution in [3.63, 3.8) is 0 Å². The standard InChI is InChI=1S/C51H58FN3O11/c1-28-19-40-39-14-12-33-21-35(56)15-17-48(33,5)50(39,52)41(57)23-49(40,6)51(28,63)42(58)27-65-45(61)37-22-36(37)44(60)64-26-29-7-9-30(10-8-29)38(25-54-46(62)66-47(2,3)4)43(59)55-34-13-11-32-24-53-18-16-31(32)20-34/h7-11,13,15-18,20-21,24,28,36-41,57,63H,12,14,19,22-23,25-27H2,1-6H3,(H,54,62)(H,55,59)/t28-,36-,37-,38?,39+,40+,41+,48+,49+,50+,51+/m1/s1. The number of aliphatic hydroxyl groups excluding tert-OH is 1. The number of halogens is 1. The molecule has 5 aliphatic carbocycles. The van der Waals surface area contributed by atoms with Crippen molar-refractivity contribution in [1.82, 2.24) is 10.3 Å². The molecule has 2 aromatic carbocycles. The van der Waals surface area contributed by atoms with E-state index in [1.54, 1.807) is 90.3 Å². The van der Waals surface area contributed by atoms with Crippen molar-refractivity contribution >= 4 is 52.0 Å². The van der Waals surface area contributed by atoms with Crippen LogP contribution >= 0.6 is 0 Å². The number of nitrogens with zero attached hydrogens (tertiary/aromatic N) is 1. The van der Waals surface area contributed by atoms with Gasteiger partial charge in [-0.15, -0.1) is 0 Å². The number of alkyl halides is 1. The van der Waals surface area contributed by atoms with Crippen LogP contribution in [-0.4, -0.2) is 86.8 Å². The van der Waals surface area contributed by atoms with Crippen molar-refractivity contribution in [1.29, 1.82) is 0 Å². The number of hydrogen-bond donors (Lipinski definition) is 4. The van der Waals surface area contributed by atoms with Gasteiger partial charge in [0.25, 0.3) is 0 Å². The maximum Gasteiger partial charge on any atom is 0.407 e. The number of anilines is 1. The third kappa shape index (κ3) is 8.22. The number of nitrogens with one attached hydrogen (secondary N) is 2. The summed E-state index contributed by atoms with van der Waals surface area (Å²) in [4.78, 5) is 82.8. The molecule has 1 aromatic heterocycles.